The maximum Gasteiger partial charge on any atom is 0.416 e. The van der Waals surface area contributed by atoms with Gasteiger partial charge in [-0.3, -0.25) is 4.90 Å². The second kappa shape index (κ2) is 7.11. The summed E-state index contributed by atoms with van der Waals surface area (Å²) >= 11 is 0. The van der Waals surface area contributed by atoms with Gasteiger partial charge in [0.15, 0.2) is 0 Å². The van der Waals surface area contributed by atoms with Crippen LogP contribution >= 0.6 is 0 Å². The van der Waals surface area contributed by atoms with Crippen molar-refractivity contribution in [3.63, 3.8) is 0 Å². The molecular weight excluding hydrogens is 335 g/mol. The first-order valence-corrected chi connectivity index (χ1v) is 8.11. The van der Waals surface area contributed by atoms with Crippen LogP contribution in [0.25, 0.3) is 0 Å². The summed E-state index contributed by atoms with van der Waals surface area (Å²) in [5, 5.41) is 0. The van der Waals surface area contributed by atoms with Crippen molar-refractivity contribution in [1.29, 1.82) is 0 Å². The summed E-state index contributed by atoms with van der Waals surface area (Å²) in [5.41, 5.74) is 4.49. The Kier molecular flexibility index (Phi) is 5.51. The van der Waals surface area contributed by atoms with Crippen LogP contribution in [0.1, 0.15) is 31.9 Å². The molecule has 140 valence electrons. The van der Waals surface area contributed by atoms with Gasteiger partial charge in [0.2, 0.25) is 0 Å². The molecule has 1 aliphatic rings. The lowest BCUT2D eigenvalue weighted by molar-refractivity contribution is -0.138. The van der Waals surface area contributed by atoms with Gasteiger partial charge in [-0.05, 0) is 38.5 Å². The first-order valence-electron chi connectivity index (χ1n) is 8.11. The number of nitrogens with zero attached hydrogens (tertiary/aromatic N) is 2. The molecule has 1 aromatic rings. The highest BCUT2D eigenvalue weighted by Crippen LogP contribution is 2.34. The van der Waals surface area contributed by atoms with Crippen LogP contribution in [0.5, 0.6) is 0 Å². The van der Waals surface area contributed by atoms with Crippen molar-refractivity contribution in [3.05, 3.63) is 29.3 Å². The lowest BCUT2D eigenvalue weighted by Crippen LogP contribution is -2.49. The Bertz CT molecular complexity index is 619. The lowest BCUT2D eigenvalue weighted by Gasteiger charge is -2.35. The maximum absolute atomic E-state index is 13.2. The number of amides is 1. The van der Waals surface area contributed by atoms with Crippen LogP contribution in [0.3, 0.4) is 0 Å². The van der Waals surface area contributed by atoms with Gasteiger partial charge in [0.1, 0.15) is 5.60 Å². The van der Waals surface area contributed by atoms with Gasteiger partial charge < -0.3 is 15.4 Å². The number of rotatable bonds is 2. The molecule has 25 heavy (non-hydrogen) atoms. The number of anilines is 1. The number of carbonyl (C=O) groups is 1. The monoisotopic (exact) mass is 359 g/mol. The van der Waals surface area contributed by atoms with Gasteiger partial charge in [0, 0.05) is 38.4 Å². The van der Waals surface area contributed by atoms with Crippen molar-refractivity contribution in [2.75, 3.05) is 31.9 Å². The second-order valence-corrected chi connectivity index (χ2v) is 7.16. The largest absolute Gasteiger partial charge is 0.444 e. The molecule has 0 aromatic heterocycles. The summed E-state index contributed by atoms with van der Waals surface area (Å²) in [7, 11) is 0. The molecule has 0 aliphatic carbocycles. The molecule has 1 heterocycles. The number of ether oxygens (including phenoxy) is 1. The van der Waals surface area contributed by atoms with Crippen LogP contribution in [-0.2, 0) is 17.5 Å². The highest BCUT2D eigenvalue weighted by molar-refractivity contribution is 5.68. The van der Waals surface area contributed by atoms with Gasteiger partial charge >= 0.3 is 12.3 Å². The minimum Gasteiger partial charge on any atom is -0.444 e. The molecule has 0 radical (unpaired) electrons. The highest BCUT2D eigenvalue weighted by Gasteiger charge is 2.34. The lowest BCUT2D eigenvalue weighted by atomic mass is 10.1. The van der Waals surface area contributed by atoms with Gasteiger partial charge in [0.25, 0.3) is 0 Å². The number of nitrogen functional groups attached to an aromatic ring is 1. The summed E-state index contributed by atoms with van der Waals surface area (Å²) in [5.74, 6) is 0. The van der Waals surface area contributed by atoms with Crippen molar-refractivity contribution in [3.8, 4) is 0 Å². The van der Waals surface area contributed by atoms with E-state index in [9.17, 15) is 18.0 Å². The molecule has 0 bridgehead atoms. The van der Waals surface area contributed by atoms with E-state index >= 15 is 0 Å². The molecule has 0 spiro atoms. The van der Waals surface area contributed by atoms with Gasteiger partial charge in [0.05, 0.1) is 5.56 Å². The normalized spacial score (nSPS) is 16.8. The summed E-state index contributed by atoms with van der Waals surface area (Å²) in [6.45, 7) is 7.36. The smallest absolute Gasteiger partial charge is 0.416 e. The van der Waals surface area contributed by atoms with E-state index in [4.69, 9.17) is 10.5 Å². The Morgan fingerprint density at radius 2 is 1.76 bits per heavy atom. The molecule has 8 heteroatoms. The van der Waals surface area contributed by atoms with E-state index in [0.717, 1.165) is 6.07 Å². The van der Waals surface area contributed by atoms with Crippen LogP contribution in [0, 0.1) is 0 Å². The number of nitrogens with two attached hydrogens (primary N) is 1. The molecule has 0 unspecified atom stereocenters. The number of hydrogen-bond acceptors (Lipinski definition) is 4. The topological polar surface area (TPSA) is 58.8 Å². The molecule has 1 amide bonds. The maximum atomic E-state index is 13.2. The third-order valence-corrected chi connectivity index (χ3v) is 3.86. The van der Waals surface area contributed by atoms with Gasteiger partial charge in [-0.2, -0.15) is 13.2 Å². The van der Waals surface area contributed by atoms with E-state index in [2.05, 4.69) is 0 Å². The minimum absolute atomic E-state index is 0.0887. The van der Waals surface area contributed by atoms with Crippen LogP contribution in [0.2, 0.25) is 0 Å². The van der Waals surface area contributed by atoms with Crippen molar-refractivity contribution in [2.24, 2.45) is 0 Å². The predicted octanol–water partition coefficient (Wildman–Crippen LogP) is 3.34. The third kappa shape index (κ3) is 5.52. The van der Waals surface area contributed by atoms with Crippen molar-refractivity contribution >= 4 is 11.8 Å². The average Bonchev–Trinajstić information content (AvgIpc) is 2.47. The van der Waals surface area contributed by atoms with Gasteiger partial charge in [-0.25, -0.2) is 4.79 Å². The van der Waals surface area contributed by atoms with E-state index in [1.165, 1.54) is 12.1 Å². The Morgan fingerprint density at radius 3 is 2.28 bits per heavy atom. The molecular formula is C17H24F3N3O2. The fourth-order valence-corrected chi connectivity index (χ4v) is 2.65. The molecule has 1 aliphatic heterocycles. The number of benzene rings is 1. The van der Waals surface area contributed by atoms with Crippen LogP contribution in [0.4, 0.5) is 23.7 Å². The number of carbonyl (C=O) groups excluding carboxylic acids is 1. The van der Waals surface area contributed by atoms with E-state index < -0.39 is 23.4 Å². The standard InChI is InChI=1S/C17H24F3N3O2/c1-16(2,3)25-15(24)23-8-6-22(7-9-23)11-12-4-5-13(21)10-14(12)17(18,19)20/h4-5,10H,6-9,11,21H2,1-3H3. The zero-order valence-corrected chi connectivity index (χ0v) is 14.7. The summed E-state index contributed by atoms with van der Waals surface area (Å²) in [6, 6.07) is 3.85. The van der Waals surface area contributed by atoms with Crippen molar-refractivity contribution < 1.29 is 22.7 Å². The number of halogens is 3. The molecule has 2 N–H and O–H groups in total. The SMILES string of the molecule is CC(C)(C)OC(=O)N1CCN(Cc2ccc(N)cc2C(F)(F)F)CC1. The Labute approximate surface area is 145 Å². The Hall–Kier alpha value is -1.96. The zero-order valence-electron chi connectivity index (χ0n) is 14.7. The number of alkyl halides is 3. The third-order valence-electron chi connectivity index (χ3n) is 3.86. The highest BCUT2D eigenvalue weighted by atomic mass is 19.4. The summed E-state index contributed by atoms with van der Waals surface area (Å²) < 4.78 is 44.8. The number of hydrogen-bond donors (Lipinski definition) is 1. The van der Waals surface area contributed by atoms with Crippen LogP contribution in [-0.4, -0.2) is 47.7 Å². The second-order valence-electron chi connectivity index (χ2n) is 7.16. The Balaban J connectivity index is 1.98. The summed E-state index contributed by atoms with van der Waals surface area (Å²) in [4.78, 5) is 15.5. The fraction of sp³-hybridized carbons (Fsp3) is 0.588. The molecule has 0 atom stereocenters. The first kappa shape index (κ1) is 19.4. The number of piperazine rings is 1. The van der Waals surface area contributed by atoms with E-state index in [0.29, 0.717) is 26.2 Å². The molecule has 5 nitrogen and oxygen atoms in total. The molecule has 1 aromatic carbocycles. The minimum atomic E-state index is -4.44. The molecule has 0 saturated carbocycles. The first-order chi connectivity index (χ1) is 11.5. The molecule has 2 rings (SSSR count). The molecule has 1 fully saturated rings. The predicted molar refractivity (Wildman–Crippen MR) is 88.9 cm³/mol. The van der Waals surface area contributed by atoms with Gasteiger partial charge in [-0.1, -0.05) is 6.07 Å². The van der Waals surface area contributed by atoms with Gasteiger partial charge in [-0.15, -0.1) is 0 Å². The zero-order chi connectivity index (χ0) is 18.8. The Morgan fingerprint density at radius 1 is 1.16 bits per heavy atom. The summed E-state index contributed by atoms with van der Waals surface area (Å²) in [6.07, 6.45) is -4.83. The van der Waals surface area contributed by atoms with Crippen LogP contribution in [0.15, 0.2) is 18.2 Å². The average molecular weight is 359 g/mol. The van der Waals surface area contributed by atoms with Crippen molar-refractivity contribution in [2.45, 2.75) is 39.1 Å². The van der Waals surface area contributed by atoms with Crippen molar-refractivity contribution in [1.82, 2.24) is 9.80 Å². The van der Waals surface area contributed by atoms with E-state index in [1.54, 1.807) is 25.7 Å². The van der Waals surface area contributed by atoms with Crippen LogP contribution < -0.4 is 5.73 Å². The van der Waals surface area contributed by atoms with E-state index in [-0.39, 0.29) is 17.8 Å². The fourth-order valence-electron chi connectivity index (χ4n) is 2.65. The molecule has 1 saturated heterocycles. The van der Waals surface area contributed by atoms with E-state index in [1.807, 2.05) is 4.90 Å². The quantitative estimate of drug-likeness (QED) is 0.823.